The van der Waals surface area contributed by atoms with Crippen LogP contribution in [0.3, 0.4) is 0 Å². The number of ether oxygens (including phenoxy) is 1. The third-order valence-corrected chi connectivity index (χ3v) is 5.27. The molecular weight excluding hydrogens is 487 g/mol. The van der Waals surface area contributed by atoms with Gasteiger partial charge in [0.05, 0.1) is 27.5 Å². The zero-order valence-corrected chi connectivity index (χ0v) is 18.7. The first kappa shape index (κ1) is 24.0. The number of nitrogens with zero attached hydrogens (tertiary/aromatic N) is 3. The van der Waals surface area contributed by atoms with Crippen LogP contribution in [0.4, 0.5) is 24.5 Å². The number of alkyl halides is 3. The summed E-state index contributed by atoms with van der Waals surface area (Å²) in [5.74, 6) is -0.775. The first-order chi connectivity index (χ1) is 16.5. The zero-order valence-electron chi connectivity index (χ0n) is 17.9. The highest BCUT2D eigenvalue weighted by Gasteiger charge is 2.34. The number of rotatable bonds is 5. The smallest absolute Gasteiger partial charge is 0.416 e. The van der Waals surface area contributed by atoms with E-state index in [2.05, 4.69) is 5.10 Å². The van der Waals surface area contributed by atoms with Gasteiger partial charge in [-0.3, -0.25) is 14.9 Å². The fourth-order valence-electron chi connectivity index (χ4n) is 3.35. The monoisotopic (exact) mass is 501 g/mol. The van der Waals surface area contributed by atoms with Crippen LogP contribution in [0.5, 0.6) is 11.5 Å². The molecule has 11 heteroatoms. The molecule has 0 saturated carbocycles. The van der Waals surface area contributed by atoms with E-state index in [1.54, 1.807) is 37.3 Å². The molecule has 0 unspecified atom stereocenters. The standard InChI is InChI=1S/C24H15ClF3N3O4/c1-14-19(23(32)30(29-14)18-5-3-2-4-6-18)12-15-11-17(25)8-10-21(15)35-22-9-7-16(24(26,27)28)13-20(22)31(33)34/h2-13H,1H3/b19-12+. The lowest BCUT2D eigenvalue weighted by Crippen LogP contribution is -2.21. The van der Waals surface area contributed by atoms with E-state index in [0.717, 1.165) is 6.07 Å². The molecule has 1 heterocycles. The molecule has 0 aliphatic carbocycles. The molecule has 0 spiro atoms. The summed E-state index contributed by atoms with van der Waals surface area (Å²) in [6, 6.07) is 15.0. The Balaban J connectivity index is 1.73. The first-order valence-electron chi connectivity index (χ1n) is 10.0. The van der Waals surface area contributed by atoms with E-state index in [0.29, 0.717) is 23.5 Å². The van der Waals surface area contributed by atoms with E-state index in [4.69, 9.17) is 16.3 Å². The van der Waals surface area contributed by atoms with Crippen molar-refractivity contribution in [2.24, 2.45) is 5.10 Å². The summed E-state index contributed by atoms with van der Waals surface area (Å²) in [6.07, 6.45) is -3.30. The van der Waals surface area contributed by atoms with Crippen LogP contribution in [0.15, 0.2) is 77.4 Å². The van der Waals surface area contributed by atoms with E-state index in [9.17, 15) is 28.1 Å². The fourth-order valence-corrected chi connectivity index (χ4v) is 3.53. The number of amides is 1. The minimum absolute atomic E-state index is 0.0449. The fraction of sp³-hybridized carbons (Fsp3) is 0.0833. The predicted molar refractivity (Wildman–Crippen MR) is 125 cm³/mol. The van der Waals surface area contributed by atoms with Crippen LogP contribution in [0, 0.1) is 10.1 Å². The van der Waals surface area contributed by atoms with Gasteiger partial charge in [-0.1, -0.05) is 29.8 Å². The maximum Gasteiger partial charge on any atom is 0.416 e. The molecule has 3 aromatic rings. The summed E-state index contributed by atoms with van der Waals surface area (Å²) < 4.78 is 44.7. The number of benzene rings is 3. The molecule has 4 rings (SSSR count). The number of nitro benzene ring substituents is 1. The van der Waals surface area contributed by atoms with Crippen molar-refractivity contribution < 1.29 is 27.6 Å². The average Bonchev–Trinajstić information content (AvgIpc) is 3.09. The number of hydrogen-bond acceptors (Lipinski definition) is 5. The normalized spacial score (nSPS) is 14.9. The molecule has 0 bridgehead atoms. The van der Waals surface area contributed by atoms with Crippen LogP contribution >= 0.6 is 11.6 Å². The van der Waals surface area contributed by atoms with E-state index in [1.165, 1.54) is 29.3 Å². The van der Waals surface area contributed by atoms with Gasteiger partial charge in [0.15, 0.2) is 0 Å². The average molecular weight is 502 g/mol. The summed E-state index contributed by atoms with van der Waals surface area (Å²) >= 11 is 6.11. The van der Waals surface area contributed by atoms with Gasteiger partial charge in [0, 0.05) is 16.7 Å². The van der Waals surface area contributed by atoms with Crippen LogP contribution in [-0.2, 0) is 11.0 Å². The van der Waals surface area contributed by atoms with Crippen LogP contribution in [0.25, 0.3) is 6.08 Å². The van der Waals surface area contributed by atoms with Gasteiger partial charge in [-0.15, -0.1) is 0 Å². The Morgan fingerprint density at radius 3 is 2.40 bits per heavy atom. The van der Waals surface area contributed by atoms with Crippen molar-refractivity contribution in [1.29, 1.82) is 0 Å². The summed E-state index contributed by atoms with van der Waals surface area (Å²) in [6.45, 7) is 1.64. The Labute approximate surface area is 201 Å². The Bertz CT molecular complexity index is 1390. The molecule has 178 valence electrons. The molecule has 3 aromatic carbocycles. The molecule has 0 N–H and O–H groups in total. The second kappa shape index (κ2) is 9.22. The molecule has 0 saturated heterocycles. The lowest BCUT2D eigenvalue weighted by Gasteiger charge is -2.13. The maximum absolute atomic E-state index is 13.0. The number of para-hydroxylation sites is 1. The number of hydrazone groups is 1. The van der Waals surface area contributed by atoms with E-state index < -0.39 is 34.0 Å². The topological polar surface area (TPSA) is 85.0 Å². The second-order valence-corrected chi connectivity index (χ2v) is 7.85. The van der Waals surface area contributed by atoms with Gasteiger partial charge in [0.1, 0.15) is 5.75 Å². The molecule has 1 aliphatic heterocycles. The Kier molecular flexibility index (Phi) is 6.31. The van der Waals surface area contributed by atoms with Gasteiger partial charge in [-0.2, -0.15) is 23.3 Å². The number of halogens is 4. The van der Waals surface area contributed by atoms with E-state index in [1.807, 2.05) is 0 Å². The van der Waals surface area contributed by atoms with Gasteiger partial charge in [-0.05, 0) is 55.5 Å². The number of carbonyl (C=O) groups excluding carboxylic acids is 1. The number of carbonyl (C=O) groups is 1. The number of hydrogen-bond donors (Lipinski definition) is 0. The van der Waals surface area contributed by atoms with E-state index in [-0.39, 0.29) is 21.9 Å². The highest BCUT2D eigenvalue weighted by Crippen LogP contribution is 2.39. The maximum atomic E-state index is 13.0. The van der Waals surface area contributed by atoms with Crippen molar-refractivity contribution in [1.82, 2.24) is 0 Å². The van der Waals surface area contributed by atoms with Gasteiger partial charge in [0.25, 0.3) is 5.91 Å². The van der Waals surface area contributed by atoms with Gasteiger partial charge in [-0.25, -0.2) is 0 Å². The van der Waals surface area contributed by atoms with Crippen molar-refractivity contribution in [3.8, 4) is 11.5 Å². The molecule has 0 fully saturated rings. The molecule has 35 heavy (non-hydrogen) atoms. The van der Waals surface area contributed by atoms with Crippen molar-refractivity contribution in [2.75, 3.05) is 5.01 Å². The van der Waals surface area contributed by atoms with Crippen molar-refractivity contribution >= 4 is 40.7 Å². The lowest BCUT2D eigenvalue weighted by atomic mass is 10.1. The summed E-state index contributed by atoms with van der Waals surface area (Å²) in [4.78, 5) is 23.5. The first-order valence-corrected chi connectivity index (χ1v) is 10.4. The molecule has 1 aliphatic rings. The number of anilines is 1. The largest absolute Gasteiger partial charge is 0.449 e. The third-order valence-electron chi connectivity index (χ3n) is 5.04. The van der Waals surface area contributed by atoms with Crippen molar-refractivity contribution in [3.63, 3.8) is 0 Å². The van der Waals surface area contributed by atoms with Crippen LogP contribution in [-0.4, -0.2) is 16.5 Å². The quantitative estimate of drug-likeness (QED) is 0.217. The molecule has 0 aromatic heterocycles. The molecule has 7 nitrogen and oxygen atoms in total. The third kappa shape index (κ3) is 5.02. The predicted octanol–water partition coefficient (Wildman–Crippen LogP) is 6.87. The van der Waals surface area contributed by atoms with Crippen molar-refractivity contribution in [3.05, 3.63) is 98.6 Å². The van der Waals surface area contributed by atoms with Gasteiger partial charge in [0.2, 0.25) is 5.75 Å². The zero-order chi connectivity index (χ0) is 25.3. The lowest BCUT2D eigenvalue weighted by molar-refractivity contribution is -0.385. The number of nitro groups is 1. The Morgan fingerprint density at radius 2 is 1.74 bits per heavy atom. The molecule has 0 atom stereocenters. The minimum Gasteiger partial charge on any atom is -0.449 e. The van der Waals surface area contributed by atoms with Crippen LogP contribution in [0.2, 0.25) is 5.02 Å². The minimum atomic E-state index is -4.76. The van der Waals surface area contributed by atoms with E-state index >= 15 is 0 Å². The van der Waals surface area contributed by atoms with Crippen LogP contribution in [0.1, 0.15) is 18.1 Å². The summed E-state index contributed by atoms with van der Waals surface area (Å²) in [7, 11) is 0. The Morgan fingerprint density at radius 1 is 1.06 bits per heavy atom. The highest BCUT2D eigenvalue weighted by molar-refractivity contribution is 6.33. The second-order valence-electron chi connectivity index (χ2n) is 7.42. The van der Waals surface area contributed by atoms with Gasteiger partial charge >= 0.3 is 11.9 Å². The summed E-state index contributed by atoms with van der Waals surface area (Å²) in [5.41, 5.74) is -0.575. The van der Waals surface area contributed by atoms with Gasteiger partial charge < -0.3 is 4.74 Å². The molecular formula is C24H15ClF3N3O4. The molecule has 1 amide bonds. The Hall–Kier alpha value is -4.18. The summed E-state index contributed by atoms with van der Waals surface area (Å²) in [5, 5.41) is 17.2. The highest BCUT2D eigenvalue weighted by atomic mass is 35.5. The van der Waals surface area contributed by atoms with Crippen molar-refractivity contribution in [2.45, 2.75) is 13.1 Å². The van der Waals surface area contributed by atoms with Crippen LogP contribution < -0.4 is 9.75 Å². The molecule has 0 radical (unpaired) electrons. The SMILES string of the molecule is CC1=NN(c2ccccc2)C(=O)/C1=C/c1cc(Cl)ccc1Oc1ccc(C(F)(F)F)cc1[N+](=O)[O-].